The fraction of sp³-hybridized carbons (Fsp3) is 0. The second kappa shape index (κ2) is 3.71. The first kappa shape index (κ1) is 9.68. The van der Waals surface area contributed by atoms with Crippen molar-refractivity contribution < 1.29 is 8.91 Å². The van der Waals surface area contributed by atoms with Crippen molar-refractivity contribution in [1.29, 1.82) is 0 Å². The minimum absolute atomic E-state index is 0.205. The van der Waals surface area contributed by atoms with Crippen LogP contribution in [0.5, 0.6) is 0 Å². The fourth-order valence-corrected chi connectivity index (χ4v) is 1.77. The second-order valence-electron chi connectivity index (χ2n) is 2.64. The molecule has 1 aromatic heterocycles. The fourth-order valence-electron chi connectivity index (χ4n) is 1.08. The number of rotatable bonds is 1. The molecule has 0 N–H and O–H groups in total. The van der Waals surface area contributed by atoms with Gasteiger partial charge in [0.15, 0.2) is 0 Å². The number of hydrogen-bond acceptors (Lipinski definition) is 2. The van der Waals surface area contributed by atoms with Gasteiger partial charge in [-0.15, -0.1) is 0 Å². The number of halogens is 3. The van der Waals surface area contributed by atoms with Gasteiger partial charge in [-0.1, -0.05) is 5.16 Å². The first-order valence-corrected chi connectivity index (χ1v) is 4.91. The SMILES string of the molecule is Fc1ccc(-c2cc(Cl)on2)c(Br)c1. The van der Waals surface area contributed by atoms with E-state index in [0.717, 1.165) is 5.56 Å². The van der Waals surface area contributed by atoms with Crippen molar-refractivity contribution in [1.82, 2.24) is 5.16 Å². The minimum Gasteiger partial charge on any atom is -0.344 e. The lowest BCUT2D eigenvalue weighted by molar-refractivity contribution is 0.424. The summed E-state index contributed by atoms with van der Waals surface area (Å²) in [6, 6.07) is 5.88. The molecule has 14 heavy (non-hydrogen) atoms. The summed E-state index contributed by atoms with van der Waals surface area (Å²) in [4.78, 5) is 0. The topological polar surface area (TPSA) is 26.0 Å². The van der Waals surface area contributed by atoms with E-state index in [-0.39, 0.29) is 11.0 Å². The highest BCUT2D eigenvalue weighted by Gasteiger charge is 2.08. The van der Waals surface area contributed by atoms with E-state index in [2.05, 4.69) is 21.1 Å². The van der Waals surface area contributed by atoms with E-state index in [1.165, 1.54) is 12.1 Å². The van der Waals surface area contributed by atoms with Crippen LogP contribution in [0.4, 0.5) is 4.39 Å². The van der Waals surface area contributed by atoms with Gasteiger partial charge in [-0.2, -0.15) is 0 Å². The Balaban J connectivity index is 2.52. The van der Waals surface area contributed by atoms with E-state index < -0.39 is 0 Å². The third kappa shape index (κ3) is 1.81. The van der Waals surface area contributed by atoms with Gasteiger partial charge in [-0.25, -0.2) is 4.39 Å². The van der Waals surface area contributed by atoms with Gasteiger partial charge < -0.3 is 4.52 Å². The molecule has 0 spiro atoms. The monoisotopic (exact) mass is 275 g/mol. The van der Waals surface area contributed by atoms with Crippen molar-refractivity contribution in [3.8, 4) is 11.3 Å². The standard InChI is InChI=1S/C9H4BrClFNO/c10-7-3-5(12)1-2-6(7)8-4-9(11)14-13-8/h1-4H. The van der Waals surface area contributed by atoms with Crippen LogP contribution < -0.4 is 0 Å². The van der Waals surface area contributed by atoms with Crippen molar-refractivity contribution in [3.05, 3.63) is 39.8 Å². The molecule has 0 saturated heterocycles. The summed E-state index contributed by atoms with van der Waals surface area (Å²) in [5.41, 5.74) is 1.31. The minimum atomic E-state index is -0.310. The summed E-state index contributed by atoms with van der Waals surface area (Å²) in [5.74, 6) is -0.310. The first-order valence-electron chi connectivity index (χ1n) is 3.74. The van der Waals surface area contributed by atoms with Crippen molar-refractivity contribution in [2.75, 3.05) is 0 Å². The molecule has 2 aromatic rings. The van der Waals surface area contributed by atoms with Gasteiger partial charge in [-0.3, -0.25) is 0 Å². The largest absolute Gasteiger partial charge is 0.344 e. The zero-order chi connectivity index (χ0) is 10.1. The normalized spacial score (nSPS) is 10.5. The van der Waals surface area contributed by atoms with Gasteiger partial charge in [0.1, 0.15) is 11.5 Å². The molecule has 0 aliphatic carbocycles. The summed E-state index contributed by atoms with van der Waals surface area (Å²) in [5, 5.41) is 3.92. The molecule has 0 saturated carbocycles. The molecule has 1 aromatic carbocycles. The Labute approximate surface area is 92.8 Å². The van der Waals surface area contributed by atoms with Gasteiger partial charge in [-0.05, 0) is 45.7 Å². The smallest absolute Gasteiger partial charge is 0.226 e. The third-order valence-electron chi connectivity index (χ3n) is 1.69. The molecule has 0 radical (unpaired) electrons. The first-order chi connectivity index (χ1) is 6.66. The van der Waals surface area contributed by atoms with E-state index in [1.807, 2.05) is 0 Å². The van der Waals surface area contributed by atoms with Crippen LogP contribution in [0.25, 0.3) is 11.3 Å². The van der Waals surface area contributed by atoms with Crippen LogP contribution in [0.2, 0.25) is 5.22 Å². The predicted molar refractivity (Wildman–Crippen MR) is 54.6 cm³/mol. The molecule has 5 heteroatoms. The molecular weight excluding hydrogens is 272 g/mol. The Morgan fingerprint density at radius 1 is 1.36 bits per heavy atom. The lowest BCUT2D eigenvalue weighted by atomic mass is 10.1. The Morgan fingerprint density at radius 3 is 2.71 bits per heavy atom. The van der Waals surface area contributed by atoms with Crippen LogP contribution in [0.3, 0.4) is 0 Å². The Bertz CT molecular complexity index is 472. The molecule has 1 heterocycles. The second-order valence-corrected chi connectivity index (χ2v) is 3.87. The molecule has 0 aliphatic heterocycles. The van der Waals surface area contributed by atoms with Gasteiger partial charge in [0, 0.05) is 16.1 Å². The maximum absolute atomic E-state index is 12.8. The van der Waals surface area contributed by atoms with E-state index >= 15 is 0 Å². The summed E-state index contributed by atoms with van der Waals surface area (Å²) in [6.45, 7) is 0. The van der Waals surface area contributed by atoms with Crippen LogP contribution in [-0.2, 0) is 0 Å². The maximum Gasteiger partial charge on any atom is 0.226 e. The zero-order valence-corrected chi connectivity index (χ0v) is 9.14. The van der Waals surface area contributed by atoms with Crippen LogP contribution in [-0.4, -0.2) is 5.16 Å². The van der Waals surface area contributed by atoms with Crippen LogP contribution in [0.15, 0.2) is 33.3 Å². The Morgan fingerprint density at radius 2 is 2.14 bits per heavy atom. The highest BCUT2D eigenvalue weighted by Crippen LogP contribution is 2.29. The summed E-state index contributed by atoms with van der Waals surface area (Å²) >= 11 is 8.80. The molecular formula is C9H4BrClFNO. The van der Waals surface area contributed by atoms with Gasteiger partial charge in [0.2, 0.25) is 5.22 Å². The van der Waals surface area contributed by atoms with E-state index in [9.17, 15) is 4.39 Å². The quantitative estimate of drug-likeness (QED) is 0.789. The average molecular weight is 276 g/mol. The molecule has 72 valence electrons. The third-order valence-corrected chi connectivity index (χ3v) is 2.52. The van der Waals surface area contributed by atoms with Crippen molar-refractivity contribution in [2.24, 2.45) is 0 Å². The van der Waals surface area contributed by atoms with E-state index in [1.54, 1.807) is 12.1 Å². The van der Waals surface area contributed by atoms with Crippen molar-refractivity contribution in [3.63, 3.8) is 0 Å². The number of hydrogen-bond donors (Lipinski definition) is 0. The Hall–Kier alpha value is -0.870. The highest BCUT2D eigenvalue weighted by molar-refractivity contribution is 9.10. The van der Waals surface area contributed by atoms with Crippen LogP contribution >= 0.6 is 27.5 Å². The average Bonchev–Trinajstić information content (AvgIpc) is 2.51. The van der Waals surface area contributed by atoms with Gasteiger partial charge >= 0.3 is 0 Å². The number of aromatic nitrogens is 1. The lowest BCUT2D eigenvalue weighted by Gasteiger charge is -1.98. The number of nitrogens with zero attached hydrogens (tertiary/aromatic N) is 1. The molecule has 0 fully saturated rings. The summed E-state index contributed by atoms with van der Waals surface area (Å²) in [6.07, 6.45) is 0. The molecule has 0 atom stereocenters. The summed E-state index contributed by atoms with van der Waals surface area (Å²) < 4.78 is 18.1. The van der Waals surface area contributed by atoms with Gasteiger partial charge in [0.05, 0.1) is 0 Å². The maximum atomic E-state index is 12.8. The molecule has 2 nitrogen and oxygen atoms in total. The summed E-state index contributed by atoms with van der Waals surface area (Å²) in [7, 11) is 0. The number of benzene rings is 1. The van der Waals surface area contributed by atoms with Crippen molar-refractivity contribution >= 4 is 27.5 Å². The molecule has 0 aliphatic rings. The van der Waals surface area contributed by atoms with E-state index in [4.69, 9.17) is 16.1 Å². The Kier molecular flexibility index (Phi) is 2.56. The zero-order valence-electron chi connectivity index (χ0n) is 6.80. The lowest BCUT2D eigenvalue weighted by Crippen LogP contribution is -1.81. The molecule has 2 rings (SSSR count). The molecule has 0 bridgehead atoms. The van der Waals surface area contributed by atoms with Crippen LogP contribution in [0.1, 0.15) is 0 Å². The molecule has 0 amide bonds. The van der Waals surface area contributed by atoms with Crippen molar-refractivity contribution in [2.45, 2.75) is 0 Å². The highest BCUT2D eigenvalue weighted by atomic mass is 79.9. The van der Waals surface area contributed by atoms with Gasteiger partial charge in [0.25, 0.3) is 0 Å². The molecule has 0 unspecified atom stereocenters. The predicted octanol–water partition coefficient (Wildman–Crippen LogP) is 3.90. The van der Waals surface area contributed by atoms with Crippen LogP contribution in [0, 0.1) is 5.82 Å². The van der Waals surface area contributed by atoms with E-state index in [0.29, 0.717) is 10.2 Å².